The van der Waals surface area contributed by atoms with Gasteiger partial charge in [0, 0.05) is 6.54 Å². The van der Waals surface area contributed by atoms with E-state index in [2.05, 4.69) is 5.32 Å². The molecule has 30 heavy (non-hydrogen) atoms. The molecule has 0 saturated carbocycles. The molecule has 0 fully saturated rings. The highest BCUT2D eigenvalue weighted by molar-refractivity contribution is 7.92. The average Bonchev–Trinajstić information content (AvgIpc) is 2.64. The lowest BCUT2D eigenvalue weighted by Gasteiger charge is -2.28. The van der Waals surface area contributed by atoms with Crippen LogP contribution in [0, 0.1) is 13.8 Å². The summed E-state index contributed by atoms with van der Waals surface area (Å²) in [7, 11) is -3.63. The van der Waals surface area contributed by atoms with Crippen LogP contribution in [-0.2, 0) is 21.2 Å². The van der Waals surface area contributed by atoms with Crippen molar-refractivity contribution in [1.82, 2.24) is 5.32 Å². The van der Waals surface area contributed by atoms with Crippen LogP contribution in [0.1, 0.15) is 37.0 Å². The van der Waals surface area contributed by atoms with Crippen molar-refractivity contribution in [2.45, 2.75) is 46.6 Å². The van der Waals surface area contributed by atoms with Gasteiger partial charge < -0.3 is 10.1 Å². The number of carbonyl (C=O) groups is 1. The Kier molecular flexibility index (Phi) is 8.29. The zero-order valence-electron chi connectivity index (χ0n) is 18.4. The fourth-order valence-corrected chi connectivity index (χ4v) is 4.69. The number of benzene rings is 2. The van der Waals surface area contributed by atoms with Crippen molar-refractivity contribution in [1.29, 1.82) is 0 Å². The fourth-order valence-electron chi connectivity index (χ4n) is 3.53. The average molecular weight is 433 g/mol. The first kappa shape index (κ1) is 23.7. The number of hydrogen-bond donors (Lipinski definition) is 1. The zero-order chi connectivity index (χ0) is 22.3. The van der Waals surface area contributed by atoms with Gasteiger partial charge in [0.15, 0.2) is 0 Å². The molecule has 6 nitrogen and oxygen atoms in total. The molecule has 1 N–H and O–H groups in total. The van der Waals surface area contributed by atoms with Crippen molar-refractivity contribution in [3.63, 3.8) is 0 Å². The monoisotopic (exact) mass is 432 g/mol. The Morgan fingerprint density at radius 2 is 1.77 bits per heavy atom. The SMILES string of the molecule is CCOc1ccccc1CCCNC(=O)C(C)N(c1cc(C)cc(C)c1)S(C)(=O)=O. The van der Waals surface area contributed by atoms with E-state index < -0.39 is 16.1 Å². The van der Waals surface area contributed by atoms with Crippen molar-refractivity contribution < 1.29 is 17.9 Å². The molecule has 0 aromatic heterocycles. The maximum absolute atomic E-state index is 12.7. The van der Waals surface area contributed by atoms with Gasteiger partial charge in [0.05, 0.1) is 18.6 Å². The van der Waals surface area contributed by atoms with E-state index in [1.165, 1.54) is 4.31 Å². The molecular weight excluding hydrogens is 400 g/mol. The molecule has 0 bridgehead atoms. The highest BCUT2D eigenvalue weighted by Crippen LogP contribution is 2.24. The summed E-state index contributed by atoms with van der Waals surface area (Å²) < 4.78 is 31.7. The summed E-state index contributed by atoms with van der Waals surface area (Å²) in [6.45, 7) is 8.42. The van der Waals surface area contributed by atoms with E-state index in [0.29, 0.717) is 18.8 Å². The molecule has 2 aromatic carbocycles. The van der Waals surface area contributed by atoms with Gasteiger partial charge in [-0.15, -0.1) is 0 Å². The first-order valence-corrected chi connectivity index (χ1v) is 12.0. The second-order valence-corrected chi connectivity index (χ2v) is 9.38. The lowest BCUT2D eigenvalue weighted by molar-refractivity contribution is -0.121. The number of sulfonamides is 1. The van der Waals surface area contributed by atoms with Gasteiger partial charge in [-0.1, -0.05) is 24.3 Å². The zero-order valence-corrected chi connectivity index (χ0v) is 19.3. The molecule has 0 heterocycles. The normalized spacial score (nSPS) is 12.3. The molecule has 0 spiro atoms. The van der Waals surface area contributed by atoms with E-state index in [1.54, 1.807) is 19.1 Å². The van der Waals surface area contributed by atoms with Crippen molar-refractivity contribution in [3.8, 4) is 5.75 Å². The van der Waals surface area contributed by atoms with E-state index >= 15 is 0 Å². The third-order valence-electron chi connectivity index (χ3n) is 4.74. The topological polar surface area (TPSA) is 75.7 Å². The summed E-state index contributed by atoms with van der Waals surface area (Å²) >= 11 is 0. The summed E-state index contributed by atoms with van der Waals surface area (Å²) in [4.78, 5) is 12.7. The number of anilines is 1. The molecule has 0 aliphatic carbocycles. The van der Waals surface area contributed by atoms with Gasteiger partial charge >= 0.3 is 0 Å². The van der Waals surface area contributed by atoms with Crippen LogP contribution < -0.4 is 14.4 Å². The third kappa shape index (κ3) is 6.49. The summed E-state index contributed by atoms with van der Waals surface area (Å²) in [5.41, 5.74) is 3.48. The second-order valence-electron chi connectivity index (χ2n) is 7.52. The molecule has 1 atom stereocenters. The maximum atomic E-state index is 12.7. The highest BCUT2D eigenvalue weighted by atomic mass is 32.2. The van der Waals surface area contributed by atoms with Crippen molar-refractivity contribution in [2.75, 3.05) is 23.7 Å². The Morgan fingerprint density at radius 3 is 2.37 bits per heavy atom. The van der Waals surface area contributed by atoms with Crippen LogP contribution in [0.5, 0.6) is 5.75 Å². The van der Waals surface area contributed by atoms with Gasteiger partial charge in [0.1, 0.15) is 11.8 Å². The molecule has 164 valence electrons. The van der Waals surface area contributed by atoms with Gasteiger partial charge in [0.25, 0.3) is 0 Å². The Hall–Kier alpha value is -2.54. The second kappa shape index (κ2) is 10.5. The van der Waals surface area contributed by atoms with Crippen LogP contribution in [0.2, 0.25) is 0 Å². The van der Waals surface area contributed by atoms with Crippen LogP contribution in [0.15, 0.2) is 42.5 Å². The Bertz CT molecular complexity index is 953. The van der Waals surface area contributed by atoms with E-state index in [-0.39, 0.29) is 5.91 Å². The van der Waals surface area contributed by atoms with Crippen LogP contribution >= 0.6 is 0 Å². The summed E-state index contributed by atoms with van der Waals surface area (Å²) in [6, 6.07) is 12.5. The third-order valence-corrected chi connectivity index (χ3v) is 5.99. The quantitative estimate of drug-likeness (QED) is 0.582. The number of amides is 1. The summed E-state index contributed by atoms with van der Waals surface area (Å²) in [5, 5.41) is 2.87. The number of ether oxygens (including phenoxy) is 1. The van der Waals surface area contributed by atoms with E-state index in [4.69, 9.17) is 4.74 Å². The molecule has 2 aromatic rings. The first-order valence-electron chi connectivity index (χ1n) is 10.2. The number of rotatable bonds is 10. The molecular formula is C23H32N2O4S. The molecule has 1 amide bonds. The molecule has 1 unspecified atom stereocenters. The van der Waals surface area contributed by atoms with Crippen molar-refractivity contribution in [3.05, 3.63) is 59.2 Å². The maximum Gasteiger partial charge on any atom is 0.243 e. The van der Waals surface area contributed by atoms with Gasteiger partial charge in [-0.2, -0.15) is 0 Å². The number of aryl methyl sites for hydroxylation is 3. The summed E-state index contributed by atoms with van der Waals surface area (Å²) in [5.74, 6) is 0.537. The number of carbonyl (C=O) groups excluding carboxylic acids is 1. The summed E-state index contributed by atoms with van der Waals surface area (Å²) in [6.07, 6.45) is 2.61. The van der Waals surface area contributed by atoms with Gasteiger partial charge in [0.2, 0.25) is 15.9 Å². The standard InChI is InChI=1S/C23H32N2O4S/c1-6-29-22-12-8-7-10-20(22)11-9-13-24-23(26)19(4)25(30(5,27)28)21-15-17(2)14-18(3)16-21/h7-8,10,12,14-16,19H,6,9,11,13H2,1-5H3,(H,24,26). The van der Waals surface area contributed by atoms with E-state index in [0.717, 1.165) is 41.5 Å². The Morgan fingerprint density at radius 1 is 1.13 bits per heavy atom. The highest BCUT2D eigenvalue weighted by Gasteiger charge is 2.29. The molecule has 0 radical (unpaired) electrons. The Labute approximate surface area is 180 Å². The van der Waals surface area contributed by atoms with Gasteiger partial charge in [-0.25, -0.2) is 8.42 Å². The minimum Gasteiger partial charge on any atom is -0.494 e. The molecule has 2 rings (SSSR count). The molecule has 0 aliphatic heterocycles. The lowest BCUT2D eigenvalue weighted by atomic mass is 10.1. The fraction of sp³-hybridized carbons (Fsp3) is 0.435. The van der Waals surface area contributed by atoms with Gasteiger partial charge in [-0.3, -0.25) is 9.10 Å². The number of nitrogens with one attached hydrogen (secondary N) is 1. The lowest BCUT2D eigenvalue weighted by Crippen LogP contribution is -2.48. The van der Waals surface area contributed by atoms with Crippen LogP contribution in [0.25, 0.3) is 0 Å². The first-order chi connectivity index (χ1) is 14.1. The number of hydrogen-bond acceptors (Lipinski definition) is 4. The predicted molar refractivity (Wildman–Crippen MR) is 122 cm³/mol. The predicted octanol–water partition coefficient (Wildman–Crippen LogP) is 3.61. The van der Waals surface area contributed by atoms with Crippen LogP contribution in [0.3, 0.4) is 0 Å². The molecule has 0 aliphatic rings. The number of para-hydroxylation sites is 1. The molecule has 0 saturated heterocycles. The van der Waals surface area contributed by atoms with Crippen molar-refractivity contribution in [2.24, 2.45) is 0 Å². The Balaban J connectivity index is 2.02. The minimum absolute atomic E-state index is 0.322. The minimum atomic E-state index is -3.63. The smallest absolute Gasteiger partial charge is 0.243 e. The number of nitrogens with zero attached hydrogens (tertiary/aromatic N) is 1. The van der Waals surface area contributed by atoms with E-state index in [9.17, 15) is 13.2 Å². The molecule has 7 heteroatoms. The van der Waals surface area contributed by atoms with Crippen LogP contribution in [0.4, 0.5) is 5.69 Å². The van der Waals surface area contributed by atoms with E-state index in [1.807, 2.05) is 51.1 Å². The van der Waals surface area contributed by atoms with Crippen molar-refractivity contribution >= 4 is 21.6 Å². The van der Waals surface area contributed by atoms with Gasteiger partial charge in [-0.05, 0) is 75.4 Å². The largest absolute Gasteiger partial charge is 0.494 e. The van der Waals surface area contributed by atoms with Crippen LogP contribution in [-0.4, -0.2) is 39.8 Å².